The fraction of sp³-hybridized carbons (Fsp3) is 0.588. The molecule has 0 aliphatic heterocycles. The lowest BCUT2D eigenvalue weighted by atomic mass is 10.1. The predicted molar refractivity (Wildman–Crippen MR) is 94.9 cm³/mol. The van der Waals surface area contributed by atoms with Crippen LogP contribution in [0.1, 0.15) is 50.9 Å². The highest BCUT2D eigenvalue weighted by Crippen LogP contribution is 2.28. The molecule has 24 heavy (non-hydrogen) atoms. The lowest BCUT2D eigenvalue weighted by Gasteiger charge is -2.20. The summed E-state index contributed by atoms with van der Waals surface area (Å²) in [6.07, 6.45) is 1.83. The number of hydrogen-bond donors (Lipinski definition) is 1. The number of nitrogens with one attached hydrogen (secondary N) is 1. The summed E-state index contributed by atoms with van der Waals surface area (Å²) in [7, 11) is -2.29. The van der Waals surface area contributed by atoms with E-state index in [2.05, 4.69) is 5.32 Å². The minimum Gasteiger partial charge on any atom is -0.495 e. The first-order valence-corrected chi connectivity index (χ1v) is 9.74. The number of carbonyl (C=O) groups excluding carboxylic acids is 1. The third-order valence-corrected chi connectivity index (χ3v) is 5.92. The molecule has 0 aromatic heterocycles. The number of carbonyl (C=O) groups is 1. The zero-order valence-electron chi connectivity index (χ0n) is 15.1. The minimum absolute atomic E-state index is 0.0181. The van der Waals surface area contributed by atoms with Crippen LogP contribution in [0.4, 0.5) is 0 Å². The van der Waals surface area contributed by atoms with E-state index < -0.39 is 10.0 Å². The van der Waals surface area contributed by atoms with Gasteiger partial charge in [0.2, 0.25) is 10.0 Å². The molecule has 7 heteroatoms. The molecule has 0 aliphatic carbocycles. The molecule has 1 N–H and O–H groups in total. The van der Waals surface area contributed by atoms with Crippen LogP contribution in [0.5, 0.6) is 5.75 Å². The summed E-state index contributed by atoms with van der Waals surface area (Å²) in [6, 6.07) is 4.53. The molecule has 1 rings (SSSR count). The van der Waals surface area contributed by atoms with Gasteiger partial charge in [0.15, 0.2) is 0 Å². The van der Waals surface area contributed by atoms with Crippen LogP contribution in [0.2, 0.25) is 0 Å². The summed E-state index contributed by atoms with van der Waals surface area (Å²) >= 11 is 0. The molecular formula is C17H28N2O4S. The van der Waals surface area contributed by atoms with Crippen LogP contribution in [0.3, 0.4) is 0 Å². The predicted octanol–water partition coefficient (Wildman–Crippen LogP) is 2.64. The first-order valence-electron chi connectivity index (χ1n) is 8.30. The second kappa shape index (κ2) is 9.03. The maximum atomic E-state index is 12.8. The molecule has 0 fully saturated rings. The Bertz CT molecular complexity index is 655. The van der Waals surface area contributed by atoms with Crippen molar-refractivity contribution in [3.8, 4) is 5.75 Å². The number of sulfonamides is 1. The van der Waals surface area contributed by atoms with E-state index in [1.54, 1.807) is 19.9 Å². The molecule has 1 aromatic rings. The molecule has 0 spiro atoms. The minimum atomic E-state index is -3.71. The lowest BCUT2D eigenvalue weighted by molar-refractivity contribution is 0.0938. The van der Waals surface area contributed by atoms with E-state index in [1.165, 1.54) is 23.5 Å². The number of hydrogen-bond acceptors (Lipinski definition) is 4. The summed E-state index contributed by atoms with van der Waals surface area (Å²) in [6.45, 7) is 8.23. The zero-order chi connectivity index (χ0) is 18.3. The Hall–Kier alpha value is -1.60. The van der Waals surface area contributed by atoms with E-state index in [1.807, 2.05) is 13.8 Å². The Morgan fingerprint density at radius 2 is 1.88 bits per heavy atom. The Balaban J connectivity index is 3.24. The van der Waals surface area contributed by atoms with Crippen LogP contribution < -0.4 is 10.1 Å². The van der Waals surface area contributed by atoms with Gasteiger partial charge in [-0.3, -0.25) is 4.79 Å². The summed E-state index contributed by atoms with van der Waals surface area (Å²) in [4.78, 5) is 12.4. The van der Waals surface area contributed by atoms with E-state index in [0.717, 1.165) is 12.8 Å². The van der Waals surface area contributed by atoms with Gasteiger partial charge < -0.3 is 10.1 Å². The van der Waals surface area contributed by atoms with Gasteiger partial charge in [-0.05, 0) is 31.5 Å². The van der Waals surface area contributed by atoms with Crippen molar-refractivity contribution in [1.82, 2.24) is 9.62 Å². The molecule has 1 aromatic carbocycles. The average molecular weight is 356 g/mol. The van der Waals surface area contributed by atoms with Gasteiger partial charge >= 0.3 is 0 Å². The topological polar surface area (TPSA) is 75.7 Å². The van der Waals surface area contributed by atoms with Crippen molar-refractivity contribution in [3.63, 3.8) is 0 Å². The Labute approximate surface area is 145 Å². The monoisotopic (exact) mass is 356 g/mol. The molecule has 0 saturated carbocycles. The van der Waals surface area contributed by atoms with Crippen molar-refractivity contribution in [2.45, 2.75) is 51.5 Å². The number of benzene rings is 1. The van der Waals surface area contributed by atoms with Gasteiger partial charge in [-0.2, -0.15) is 4.31 Å². The van der Waals surface area contributed by atoms with Crippen molar-refractivity contribution in [2.75, 3.05) is 20.2 Å². The number of amides is 1. The van der Waals surface area contributed by atoms with Gasteiger partial charge in [0.1, 0.15) is 10.6 Å². The normalized spacial score (nSPS) is 12.9. The quantitative estimate of drug-likeness (QED) is 0.738. The largest absolute Gasteiger partial charge is 0.495 e. The van der Waals surface area contributed by atoms with Crippen molar-refractivity contribution in [3.05, 3.63) is 23.8 Å². The van der Waals surface area contributed by atoms with E-state index in [-0.39, 0.29) is 22.6 Å². The first kappa shape index (κ1) is 20.4. The van der Waals surface area contributed by atoms with E-state index in [9.17, 15) is 13.2 Å². The molecule has 1 unspecified atom stereocenters. The number of methoxy groups -OCH3 is 1. The van der Waals surface area contributed by atoms with Crippen LogP contribution in [-0.2, 0) is 10.0 Å². The van der Waals surface area contributed by atoms with Gasteiger partial charge in [0.05, 0.1) is 7.11 Å². The van der Waals surface area contributed by atoms with Crippen molar-refractivity contribution in [1.29, 1.82) is 0 Å². The first-order chi connectivity index (χ1) is 11.3. The molecule has 0 aliphatic rings. The molecule has 0 heterocycles. The van der Waals surface area contributed by atoms with Crippen LogP contribution >= 0.6 is 0 Å². The maximum absolute atomic E-state index is 12.8. The van der Waals surface area contributed by atoms with Gasteiger partial charge in [0, 0.05) is 24.7 Å². The second-order valence-corrected chi connectivity index (χ2v) is 7.52. The van der Waals surface area contributed by atoms with E-state index in [0.29, 0.717) is 18.7 Å². The van der Waals surface area contributed by atoms with E-state index >= 15 is 0 Å². The summed E-state index contributed by atoms with van der Waals surface area (Å²) < 4.78 is 32.1. The Morgan fingerprint density at radius 1 is 1.25 bits per heavy atom. The van der Waals surface area contributed by atoms with Gasteiger partial charge in [0.25, 0.3) is 5.91 Å². The van der Waals surface area contributed by atoms with Crippen molar-refractivity contribution in [2.24, 2.45) is 0 Å². The molecule has 6 nitrogen and oxygen atoms in total. The van der Waals surface area contributed by atoms with Gasteiger partial charge in [-0.15, -0.1) is 0 Å². The van der Waals surface area contributed by atoms with Gasteiger partial charge in [-0.1, -0.05) is 27.2 Å². The smallest absolute Gasteiger partial charge is 0.251 e. The number of ether oxygens (including phenoxy) is 1. The standard InChI is InChI=1S/C17H28N2O4S/c1-6-9-13(4)18-17(20)14-10-11-15(23-5)16(12-14)24(21,22)19(7-2)8-3/h10-13H,6-9H2,1-5H3,(H,18,20). The van der Waals surface area contributed by atoms with Crippen LogP contribution in [0.15, 0.2) is 23.1 Å². The molecule has 0 saturated heterocycles. The molecule has 1 atom stereocenters. The molecule has 136 valence electrons. The van der Waals surface area contributed by atoms with E-state index in [4.69, 9.17) is 4.74 Å². The lowest BCUT2D eigenvalue weighted by Crippen LogP contribution is -2.33. The number of nitrogens with zero attached hydrogens (tertiary/aromatic N) is 1. The summed E-state index contributed by atoms with van der Waals surface area (Å²) in [5.41, 5.74) is 0.310. The SMILES string of the molecule is CCCC(C)NC(=O)c1ccc(OC)c(S(=O)(=O)N(CC)CC)c1. The maximum Gasteiger partial charge on any atom is 0.251 e. The molecule has 0 radical (unpaired) electrons. The Morgan fingerprint density at radius 3 is 2.38 bits per heavy atom. The van der Waals surface area contributed by atoms with Crippen LogP contribution in [-0.4, -0.2) is 44.9 Å². The molecule has 0 bridgehead atoms. The highest BCUT2D eigenvalue weighted by molar-refractivity contribution is 7.89. The third kappa shape index (κ3) is 4.70. The van der Waals surface area contributed by atoms with Crippen molar-refractivity contribution >= 4 is 15.9 Å². The highest BCUT2D eigenvalue weighted by atomic mass is 32.2. The molecular weight excluding hydrogens is 328 g/mol. The number of rotatable bonds is 9. The fourth-order valence-electron chi connectivity index (χ4n) is 2.53. The average Bonchev–Trinajstić information content (AvgIpc) is 2.55. The second-order valence-electron chi connectivity index (χ2n) is 5.62. The highest BCUT2D eigenvalue weighted by Gasteiger charge is 2.26. The van der Waals surface area contributed by atoms with Crippen LogP contribution in [0.25, 0.3) is 0 Å². The fourth-order valence-corrected chi connectivity index (χ4v) is 4.17. The molecule has 1 amide bonds. The summed E-state index contributed by atoms with van der Waals surface area (Å²) in [5, 5.41) is 2.88. The summed E-state index contributed by atoms with van der Waals surface area (Å²) in [5.74, 6) is -0.0466. The Kier molecular flexibility index (Phi) is 7.69. The van der Waals surface area contributed by atoms with Gasteiger partial charge in [-0.25, -0.2) is 8.42 Å². The third-order valence-electron chi connectivity index (χ3n) is 3.85. The van der Waals surface area contributed by atoms with Crippen LogP contribution in [0, 0.1) is 0 Å². The zero-order valence-corrected chi connectivity index (χ0v) is 15.9. The van der Waals surface area contributed by atoms with Crippen molar-refractivity contribution < 1.29 is 17.9 Å².